The smallest absolute Gasteiger partial charge is 0.245 e. The first-order valence-corrected chi connectivity index (χ1v) is 9.11. The van der Waals surface area contributed by atoms with Crippen molar-refractivity contribution in [3.63, 3.8) is 0 Å². The molecular weight excluding hydrogens is 346 g/mol. The molecule has 1 aromatic heterocycles. The van der Waals surface area contributed by atoms with Crippen molar-refractivity contribution in [1.29, 1.82) is 0 Å². The Morgan fingerprint density at radius 1 is 1.00 bits per heavy atom. The molecule has 2 amide bonds. The Morgan fingerprint density at radius 3 is 2.46 bits per heavy atom. The van der Waals surface area contributed by atoms with Gasteiger partial charge < -0.3 is 10.6 Å². The molecule has 0 saturated heterocycles. The summed E-state index contributed by atoms with van der Waals surface area (Å²) in [6.45, 7) is 1.95. The molecule has 0 aliphatic heterocycles. The lowest BCUT2D eigenvalue weighted by molar-refractivity contribution is -0.123. The summed E-state index contributed by atoms with van der Waals surface area (Å²) in [6.07, 6.45) is 0.253. The molecule has 0 unspecified atom stereocenters. The molecular formula is C20H19N3O2S. The van der Waals surface area contributed by atoms with E-state index in [1.54, 1.807) is 0 Å². The highest BCUT2D eigenvalue weighted by atomic mass is 32.1. The van der Waals surface area contributed by atoms with Crippen LogP contribution in [0.15, 0.2) is 60.0 Å². The number of thiazole rings is 1. The molecule has 0 atom stereocenters. The molecule has 2 N–H and O–H groups in total. The summed E-state index contributed by atoms with van der Waals surface area (Å²) in [5.74, 6) is -0.484. The van der Waals surface area contributed by atoms with E-state index in [0.717, 1.165) is 16.8 Å². The number of hydrogen-bond donors (Lipinski definition) is 2. The lowest BCUT2D eigenvalue weighted by Crippen LogP contribution is -2.33. The maximum atomic E-state index is 12.0. The van der Waals surface area contributed by atoms with Gasteiger partial charge in [0.15, 0.2) is 5.13 Å². The van der Waals surface area contributed by atoms with Crippen molar-refractivity contribution >= 4 is 28.3 Å². The molecule has 0 saturated carbocycles. The lowest BCUT2D eigenvalue weighted by Gasteiger charge is -2.05. The maximum absolute atomic E-state index is 12.0. The summed E-state index contributed by atoms with van der Waals surface area (Å²) >= 11 is 1.36. The summed E-state index contributed by atoms with van der Waals surface area (Å²) in [5, 5.41) is 7.75. The molecule has 1 heterocycles. The van der Waals surface area contributed by atoms with Crippen LogP contribution in [0, 0.1) is 6.92 Å². The highest BCUT2D eigenvalue weighted by molar-refractivity contribution is 7.14. The van der Waals surface area contributed by atoms with Gasteiger partial charge in [-0.2, -0.15) is 0 Å². The van der Waals surface area contributed by atoms with E-state index in [1.165, 1.54) is 16.9 Å². The first kappa shape index (κ1) is 17.8. The standard InChI is InChI=1S/C20H19N3O2S/c1-14-7-9-16(10-8-14)17-13-26-20(22-17)23-19(25)12-21-18(24)11-15-5-3-2-4-6-15/h2-10,13H,11-12H2,1H3,(H,21,24)(H,22,23,25). The molecule has 0 aliphatic rings. The average Bonchev–Trinajstić information content (AvgIpc) is 3.10. The zero-order chi connectivity index (χ0) is 18.4. The highest BCUT2D eigenvalue weighted by Gasteiger charge is 2.10. The van der Waals surface area contributed by atoms with E-state index in [2.05, 4.69) is 15.6 Å². The molecule has 5 nitrogen and oxygen atoms in total. The number of benzene rings is 2. The number of anilines is 1. The van der Waals surface area contributed by atoms with Gasteiger partial charge in [0.25, 0.3) is 0 Å². The second-order valence-corrected chi connectivity index (χ2v) is 6.75. The van der Waals surface area contributed by atoms with E-state index in [1.807, 2.05) is 66.9 Å². The quantitative estimate of drug-likeness (QED) is 0.703. The molecule has 0 spiro atoms. The van der Waals surface area contributed by atoms with Crippen LogP contribution in [0.5, 0.6) is 0 Å². The number of carbonyl (C=O) groups excluding carboxylic acids is 2. The molecule has 0 radical (unpaired) electrons. The number of hydrogen-bond acceptors (Lipinski definition) is 4. The van der Waals surface area contributed by atoms with E-state index in [9.17, 15) is 9.59 Å². The summed E-state index contributed by atoms with van der Waals surface area (Å²) in [4.78, 5) is 28.3. The van der Waals surface area contributed by atoms with Crippen LogP contribution >= 0.6 is 11.3 Å². The lowest BCUT2D eigenvalue weighted by atomic mass is 10.1. The molecule has 26 heavy (non-hydrogen) atoms. The minimum Gasteiger partial charge on any atom is -0.347 e. The van der Waals surface area contributed by atoms with Crippen LogP contribution in [-0.4, -0.2) is 23.3 Å². The van der Waals surface area contributed by atoms with Crippen LogP contribution in [0.4, 0.5) is 5.13 Å². The fourth-order valence-electron chi connectivity index (χ4n) is 2.37. The van der Waals surface area contributed by atoms with E-state index < -0.39 is 0 Å². The van der Waals surface area contributed by atoms with Crippen molar-refractivity contribution in [3.05, 3.63) is 71.1 Å². The van der Waals surface area contributed by atoms with Gasteiger partial charge in [-0.05, 0) is 12.5 Å². The second kappa shape index (κ2) is 8.40. The van der Waals surface area contributed by atoms with Gasteiger partial charge in [0, 0.05) is 10.9 Å². The predicted molar refractivity (Wildman–Crippen MR) is 104 cm³/mol. The van der Waals surface area contributed by atoms with E-state index in [4.69, 9.17) is 0 Å². The van der Waals surface area contributed by atoms with Gasteiger partial charge in [-0.3, -0.25) is 9.59 Å². The summed E-state index contributed by atoms with van der Waals surface area (Å²) < 4.78 is 0. The number of rotatable bonds is 6. The van der Waals surface area contributed by atoms with Crippen molar-refractivity contribution in [2.24, 2.45) is 0 Å². The van der Waals surface area contributed by atoms with Gasteiger partial charge in [0.1, 0.15) is 0 Å². The molecule has 3 aromatic rings. The second-order valence-electron chi connectivity index (χ2n) is 5.89. The first-order chi connectivity index (χ1) is 12.6. The molecule has 0 aliphatic carbocycles. The van der Waals surface area contributed by atoms with Crippen molar-refractivity contribution in [1.82, 2.24) is 10.3 Å². The summed E-state index contributed by atoms with van der Waals surface area (Å²) in [7, 11) is 0. The zero-order valence-corrected chi connectivity index (χ0v) is 15.2. The molecule has 6 heteroatoms. The maximum Gasteiger partial charge on any atom is 0.245 e. The molecule has 0 bridgehead atoms. The fourth-order valence-corrected chi connectivity index (χ4v) is 3.11. The Hall–Kier alpha value is -2.99. The van der Waals surface area contributed by atoms with Crippen LogP contribution in [0.25, 0.3) is 11.3 Å². The Labute approximate surface area is 156 Å². The van der Waals surface area contributed by atoms with Crippen molar-refractivity contribution in [2.45, 2.75) is 13.3 Å². The highest BCUT2D eigenvalue weighted by Crippen LogP contribution is 2.24. The Morgan fingerprint density at radius 2 is 1.73 bits per heavy atom. The Balaban J connectivity index is 1.49. The third kappa shape index (κ3) is 5.00. The van der Waals surface area contributed by atoms with Gasteiger partial charge in [-0.25, -0.2) is 4.98 Å². The van der Waals surface area contributed by atoms with Crippen LogP contribution < -0.4 is 10.6 Å². The van der Waals surface area contributed by atoms with Gasteiger partial charge >= 0.3 is 0 Å². The monoisotopic (exact) mass is 365 g/mol. The van der Waals surface area contributed by atoms with Crippen LogP contribution in [0.2, 0.25) is 0 Å². The number of nitrogens with one attached hydrogen (secondary N) is 2. The summed E-state index contributed by atoms with van der Waals surface area (Å²) in [5.41, 5.74) is 3.92. The van der Waals surface area contributed by atoms with Crippen LogP contribution in [0.1, 0.15) is 11.1 Å². The topological polar surface area (TPSA) is 71.1 Å². The third-order valence-electron chi connectivity index (χ3n) is 3.75. The SMILES string of the molecule is Cc1ccc(-c2csc(NC(=O)CNC(=O)Cc3ccccc3)n2)cc1. The fraction of sp³-hybridized carbons (Fsp3) is 0.150. The summed E-state index contributed by atoms with van der Waals surface area (Å²) in [6, 6.07) is 17.5. The first-order valence-electron chi connectivity index (χ1n) is 8.23. The predicted octanol–water partition coefficient (Wildman–Crippen LogP) is 3.42. The van der Waals surface area contributed by atoms with Crippen molar-refractivity contribution in [3.8, 4) is 11.3 Å². The van der Waals surface area contributed by atoms with E-state index in [-0.39, 0.29) is 24.8 Å². The van der Waals surface area contributed by atoms with Crippen molar-refractivity contribution in [2.75, 3.05) is 11.9 Å². The third-order valence-corrected chi connectivity index (χ3v) is 4.51. The molecule has 3 rings (SSSR count). The number of aryl methyl sites for hydroxylation is 1. The van der Waals surface area contributed by atoms with Crippen molar-refractivity contribution < 1.29 is 9.59 Å². The van der Waals surface area contributed by atoms with E-state index in [0.29, 0.717) is 5.13 Å². The van der Waals surface area contributed by atoms with Crippen LogP contribution in [0.3, 0.4) is 0 Å². The van der Waals surface area contributed by atoms with Crippen LogP contribution in [-0.2, 0) is 16.0 Å². The molecule has 2 aromatic carbocycles. The van der Waals surface area contributed by atoms with Gasteiger partial charge in [0.2, 0.25) is 11.8 Å². The van der Waals surface area contributed by atoms with Gasteiger partial charge in [-0.1, -0.05) is 60.2 Å². The largest absolute Gasteiger partial charge is 0.347 e. The normalized spacial score (nSPS) is 10.3. The van der Waals surface area contributed by atoms with E-state index >= 15 is 0 Å². The minimum atomic E-state index is -0.295. The number of carbonyl (C=O) groups is 2. The Kier molecular flexibility index (Phi) is 5.76. The zero-order valence-electron chi connectivity index (χ0n) is 14.4. The average molecular weight is 365 g/mol. The number of aromatic nitrogens is 1. The van der Waals surface area contributed by atoms with Gasteiger partial charge in [0.05, 0.1) is 18.7 Å². The molecule has 132 valence electrons. The Bertz CT molecular complexity index is 889. The number of nitrogens with zero attached hydrogens (tertiary/aromatic N) is 1. The molecule has 0 fully saturated rings. The van der Waals surface area contributed by atoms with Gasteiger partial charge in [-0.15, -0.1) is 11.3 Å². The number of amides is 2. The minimum absolute atomic E-state index is 0.0783.